The topological polar surface area (TPSA) is 56.8 Å². The summed E-state index contributed by atoms with van der Waals surface area (Å²) in [5.41, 5.74) is 5.89. The van der Waals surface area contributed by atoms with Crippen LogP contribution in [0.25, 0.3) is 0 Å². The molecule has 1 aromatic carbocycles. The van der Waals surface area contributed by atoms with Crippen LogP contribution in [0.1, 0.15) is 12.0 Å². The number of nitrogens with zero attached hydrogens (tertiary/aromatic N) is 1. The van der Waals surface area contributed by atoms with Crippen molar-refractivity contribution < 1.29 is 27.0 Å². The number of aliphatic imine (C=N–C) groups is 1. The number of ether oxygens (including phenoxy) is 2. The molecule has 0 radical (unpaired) electrons. The normalized spacial score (nSPS) is 18.6. The zero-order chi connectivity index (χ0) is 14.8. The summed E-state index contributed by atoms with van der Waals surface area (Å²) >= 11 is 0. The van der Waals surface area contributed by atoms with E-state index < -0.39 is 17.9 Å². The molecule has 8 heteroatoms. The Hall–Kier alpha value is -1.99. The zero-order valence-corrected chi connectivity index (χ0v) is 10.3. The van der Waals surface area contributed by atoms with E-state index in [1.165, 1.54) is 6.07 Å². The highest BCUT2D eigenvalue weighted by atomic mass is 19.4. The Kier molecular flexibility index (Phi) is 4.01. The number of hydrogen-bond acceptors (Lipinski definition) is 4. The van der Waals surface area contributed by atoms with Crippen LogP contribution < -0.4 is 10.5 Å². The van der Waals surface area contributed by atoms with Crippen LogP contribution in [0, 0.1) is 5.82 Å². The SMILES string of the molecule is NC1=NC(CCc2ccc(OC(F)(F)F)c(F)c2)CO1. The van der Waals surface area contributed by atoms with Gasteiger partial charge in [0.2, 0.25) is 0 Å². The molecule has 1 aromatic rings. The summed E-state index contributed by atoms with van der Waals surface area (Å²) in [6.45, 7) is 0.365. The Morgan fingerprint density at radius 3 is 2.70 bits per heavy atom. The van der Waals surface area contributed by atoms with Crippen molar-refractivity contribution in [3.63, 3.8) is 0 Å². The number of aryl methyl sites for hydroxylation is 1. The van der Waals surface area contributed by atoms with Crippen LogP contribution in [-0.2, 0) is 11.2 Å². The molecule has 0 amide bonds. The average molecular weight is 292 g/mol. The highest BCUT2D eigenvalue weighted by Gasteiger charge is 2.32. The Morgan fingerprint density at radius 1 is 1.40 bits per heavy atom. The van der Waals surface area contributed by atoms with Crippen molar-refractivity contribution in [3.8, 4) is 5.75 Å². The quantitative estimate of drug-likeness (QED) is 0.867. The van der Waals surface area contributed by atoms with E-state index in [1.807, 2.05) is 0 Å². The molecule has 110 valence electrons. The van der Waals surface area contributed by atoms with Gasteiger partial charge in [0, 0.05) is 0 Å². The molecule has 1 unspecified atom stereocenters. The number of rotatable bonds is 4. The molecule has 2 rings (SSSR count). The predicted octanol–water partition coefficient (Wildman–Crippen LogP) is 2.37. The molecular weight excluding hydrogens is 280 g/mol. The minimum atomic E-state index is -4.91. The summed E-state index contributed by atoms with van der Waals surface area (Å²) in [6, 6.07) is 3.37. The molecule has 0 spiro atoms. The van der Waals surface area contributed by atoms with Gasteiger partial charge in [0.25, 0.3) is 6.02 Å². The largest absolute Gasteiger partial charge is 0.573 e. The van der Waals surface area contributed by atoms with Crippen molar-refractivity contribution >= 4 is 6.02 Å². The van der Waals surface area contributed by atoms with Gasteiger partial charge in [-0.2, -0.15) is 0 Å². The first-order valence-electron chi connectivity index (χ1n) is 5.84. The van der Waals surface area contributed by atoms with Gasteiger partial charge in [0.1, 0.15) is 6.61 Å². The molecule has 0 aliphatic carbocycles. The van der Waals surface area contributed by atoms with E-state index >= 15 is 0 Å². The lowest BCUT2D eigenvalue weighted by Gasteiger charge is -2.11. The first kappa shape index (κ1) is 14.4. The second-order valence-electron chi connectivity index (χ2n) is 4.28. The third kappa shape index (κ3) is 4.01. The van der Waals surface area contributed by atoms with Gasteiger partial charge in [-0.05, 0) is 30.5 Å². The number of benzene rings is 1. The van der Waals surface area contributed by atoms with Crippen LogP contribution in [0.2, 0.25) is 0 Å². The van der Waals surface area contributed by atoms with Crippen molar-refractivity contribution in [2.24, 2.45) is 10.7 Å². The molecule has 0 fully saturated rings. The van der Waals surface area contributed by atoms with E-state index in [1.54, 1.807) is 0 Å². The van der Waals surface area contributed by atoms with Crippen LogP contribution in [-0.4, -0.2) is 25.0 Å². The minimum Gasteiger partial charge on any atom is -0.463 e. The molecule has 1 heterocycles. The van der Waals surface area contributed by atoms with Crippen LogP contribution in [0.3, 0.4) is 0 Å². The second-order valence-corrected chi connectivity index (χ2v) is 4.28. The maximum atomic E-state index is 13.4. The van der Waals surface area contributed by atoms with Crippen molar-refractivity contribution in [1.82, 2.24) is 0 Å². The summed E-state index contributed by atoms with van der Waals surface area (Å²) in [7, 11) is 0. The lowest BCUT2D eigenvalue weighted by molar-refractivity contribution is -0.275. The third-order valence-electron chi connectivity index (χ3n) is 2.72. The molecule has 0 aromatic heterocycles. The van der Waals surface area contributed by atoms with Gasteiger partial charge in [-0.3, -0.25) is 0 Å². The Morgan fingerprint density at radius 2 is 2.15 bits per heavy atom. The monoisotopic (exact) mass is 292 g/mol. The number of halogens is 4. The van der Waals surface area contributed by atoms with Crippen molar-refractivity contribution in [2.75, 3.05) is 6.61 Å². The Balaban J connectivity index is 1.95. The smallest absolute Gasteiger partial charge is 0.463 e. The van der Waals surface area contributed by atoms with Crippen molar-refractivity contribution in [2.45, 2.75) is 25.2 Å². The van der Waals surface area contributed by atoms with Gasteiger partial charge < -0.3 is 15.2 Å². The third-order valence-corrected chi connectivity index (χ3v) is 2.72. The molecule has 1 aliphatic heterocycles. The molecule has 0 saturated heterocycles. The van der Waals surface area contributed by atoms with Crippen molar-refractivity contribution in [3.05, 3.63) is 29.6 Å². The first-order valence-corrected chi connectivity index (χ1v) is 5.84. The van der Waals surface area contributed by atoms with E-state index in [0.717, 1.165) is 12.1 Å². The van der Waals surface area contributed by atoms with Crippen LogP contribution in [0.4, 0.5) is 17.6 Å². The van der Waals surface area contributed by atoms with Crippen LogP contribution in [0.15, 0.2) is 23.2 Å². The zero-order valence-electron chi connectivity index (χ0n) is 10.3. The Bertz CT molecular complexity index is 517. The molecule has 4 nitrogen and oxygen atoms in total. The molecular formula is C12H12F4N2O2. The van der Waals surface area contributed by atoms with E-state index in [0.29, 0.717) is 25.0 Å². The van der Waals surface area contributed by atoms with Gasteiger partial charge in [-0.1, -0.05) is 6.07 Å². The summed E-state index contributed by atoms with van der Waals surface area (Å²) in [4.78, 5) is 4.00. The molecule has 0 saturated carbocycles. The van der Waals surface area contributed by atoms with E-state index in [2.05, 4.69) is 9.73 Å². The lowest BCUT2D eigenvalue weighted by atomic mass is 10.1. The van der Waals surface area contributed by atoms with Gasteiger partial charge in [0.15, 0.2) is 11.6 Å². The molecule has 2 N–H and O–H groups in total. The Labute approximate surface area is 112 Å². The standard InChI is InChI=1S/C12H12F4N2O2/c13-9-5-7(1-3-8-6-19-11(17)18-8)2-4-10(9)20-12(14,15)16/h2,4-5,8H,1,3,6H2,(H2,17,18). The molecule has 20 heavy (non-hydrogen) atoms. The lowest BCUT2D eigenvalue weighted by Crippen LogP contribution is -2.18. The van der Waals surface area contributed by atoms with Crippen molar-refractivity contribution in [1.29, 1.82) is 0 Å². The van der Waals surface area contributed by atoms with Gasteiger partial charge in [-0.25, -0.2) is 9.38 Å². The summed E-state index contributed by atoms with van der Waals surface area (Å²) in [6.07, 6.45) is -3.89. The number of nitrogens with two attached hydrogens (primary N) is 1. The summed E-state index contributed by atoms with van der Waals surface area (Å²) in [5.74, 6) is -1.89. The number of alkyl halides is 3. The maximum Gasteiger partial charge on any atom is 0.573 e. The van der Waals surface area contributed by atoms with Crippen LogP contribution in [0.5, 0.6) is 5.75 Å². The maximum absolute atomic E-state index is 13.4. The van der Waals surface area contributed by atoms with E-state index in [4.69, 9.17) is 10.5 Å². The van der Waals surface area contributed by atoms with E-state index in [9.17, 15) is 17.6 Å². The fourth-order valence-electron chi connectivity index (χ4n) is 1.82. The van der Waals surface area contributed by atoms with Gasteiger partial charge >= 0.3 is 6.36 Å². The molecule has 1 atom stereocenters. The molecule has 1 aliphatic rings. The second kappa shape index (κ2) is 5.56. The van der Waals surface area contributed by atoms with Gasteiger partial charge in [0.05, 0.1) is 6.04 Å². The highest BCUT2D eigenvalue weighted by Crippen LogP contribution is 2.26. The van der Waals surface area contributed by atoms with Gasteiger partial charge in [-0.15, -0.1) is 13.2 Å². The summed E-state index contributed by atoms with van der Waals surface area (Å²) in [5, 5.41) is 0. The van der Waals surface area contributed by atoms with Crippen LogP contribution >= 0.6 is 0 Å². The highest BCUT2D eigenvalue weighted by molar-refractivity contribution is 5.72. The average Bonchev–Trinajstić information content (AvgIpc) is 2.74. The predicted molar refractivity (Wildman–Crippen MR) is 62.8 cm³/mol. The number of hydrogen-bond donors (Lipinski definition) is 1. The fourth-order valence-corrected chi connectivity index (χ4v) is 1.82. The first-order chi connectivity index (χ1) is 9.33. The van der Waals surface area contributed by atoms with E-state index in [-0.39, 0.29) is 12.1 Å². The fraction of sp³-hybridized carbons (Fsp3) is 0.417. The molecule has 0 bridgehead atoms. The summed E-state index contributed by atoms with van der Waals surface area (Å²) < 4.78 is 57.9. The number of amidine groups is 1. The minimum absolute atomic E-state index is 0.107.